The second kappa shape index (κ2) is 9.73. The minimum Gasteiger partial charge on any atom is -0.490 e. The first kappa shape index (κ1) is 17.1. The van der Waals surface area contributed by atoms with Gasteiger partial charge in [-0.05, 0) is 57.7 Å². The fourth-order valence-electron chi connectivity index (χ4n) is 3.25. The summed E-state index contributed by atoms with van der Waals surface area (Å²) in [6, 6.07) is 7.17. The van der Waals surface area contributed by atoms with E-state index in [9.17, 15) is 0 Å². The van der Waals surface area contributed by atoms with Crippen LogP contribution < -0.4 is 14.8 Å². The second-order valence-electron chi connectivity index (χ2n) is 6.19. The van der Waals surface area contributed by atoms with Crippen LogP contribution in [0.15, 0.2) is 18.2 Å². The van der Waals surface area contributed by atoms with Crippen LogP contribution in [-0.4, -0.2) is 19.3 Å². The Morgan fingerprint density at radius 2 is 1.55 bits per heavy atom. The van der Waals surface area contributed by atoms with E-state index in [0.29, 0.717) is 13.2 Å². The van der Waals surface area contributed by atoms with E-state index in [2.05, 4.69) is 23.5 Å². The summed E-state index contributed by atoms with van der Waals surface area (Å²) in [6.07, 6.45) is 9.81. The lowest BCUT2D eigenvalue weighted by Crippen LogP contribution is -2.88. The summed E-state index contributed by atoms with van der Waals surface area (Å²) in [5.41, 5.74) is 1.33. The Kier molecular flexibility index (Phi) is 7.58. The Hall–Kier alpha value is -1.22. The number of rotatable bonds is 7. The van der Waals surface area contributed by atoms with Crippen molar-refractivity contribution in [3.8, 4) is 11.5 Å². The third kappa shape index (κ3) is 5.53. The number of nitrogens with two attached hydrogens (primary N) is 1. The van der Waals surface area contributed by atoms with Crippen molar-refractivity contribution >= 4 is 0 Å². The van der Waals surface area contributed by atoms with Gasteiger partial charge in [0.05, 0.1) is 19.3 Å². The van der Waals surface area contributed by atoms with E-state index in [1.165, 1.54) is 50.5 Å². The Morgan fingerprint density at radius 3 is 2.23 bits per heavy atom. The molecule has 3 heteroatoms. The molecule has 1 saturated carbocycles. The number of hydrogen-bond acceptors (Lipinski definition) is 2. The molecular weight excluding hydrogens is 274 g/mol. The first-order valence-corrected chi connectivity index (χ1v) is 9.05. The molecule has 0 atom stereocenters. The highest BCUT2D eigenvalue weighted by Crippen LogP contribution is 2.28. The van der Waals surface area contributed by atoms with Gasteiger partial charge in [-0.15, -0.1) is 0 Å². The molecule has 1 aromatic rings. The van der Waals surface area contributed by atoms with E-state index >= 15 is 0 Å². The van der Waals surface area contributed by atoms with Crippen LogP contribution in [-0.2, 0) is 6.54 Å². The van der Waals surface area contributed by atoms with E-state index in [4.69, 9.17) is 9.47 Å². The van der Waals surface area contributed by atoms with E-state index in [1.54, 1.807) is 0 Å². The molecule has 2 rings (SSSR count). The van der Waals surface area contributed by atoms with Crippen molar-refractivity contribution in [1.82, 2.24) is 0 Å². The molecule has 0 heterocycles. The monoisotopic (exact) mass is 306 g/mol. The van der Waals surface area contributed by atoms with E-state index in [1.807, 2.05) is 13.8 Å². The van der Waals surface area contributed by atoms with Gasteiger partial charge in [0.15, 0.2) is 11.5 Å². The topological polar surface area (TPSA) is 35.1 Å². The van der Waals surface area contributed by atoms with Crippen LogP contribution in [0.3, 0.4) is 0 Å². The molecule has 1 fully saturated rings. The molecule has 1 aliphatic carbocycles. The molecule has 1 aliphatic rings. The van der Waals surface area contributed by atoms with E-state index in [-0.39, 0.29) is 0 Å². The quantitative estimate of drug-likeness (QED) is 0.834. The summed E-state index contributed by atoms with van der Waals surface area (Å²) in [5, 5.41) is 2.52. The van der Waals surface area contributed by atoms with Gasteiger partial charge in [-0.3, -0.25) is 0 Å². The van der Waals surface area contributed by atoms with E-state index in [0.717, 1.165) is 24.1 Å². The van der Waals surface area contributed by atoms with Crippen LogP contribution in [0.1, 0.15) is 64.4 Å². The highest BCUT2D eigenvalue weighted by atomic mass is 16.5. The first-order chi connectivity index (χ1) is 10.8. The zero-order valence-electron chi connectivity index (χ0n) is 14.3. The van der Waals surface area contributed by atoms with Gasteiger partial charge in [0.1, 0.15) is 6.54 Å². The first-order valence-electron chi connectivity index (χ1n) is 9.05. The van der Waals surface area contributed by atoms with Crippen LogP contribution in [0.25, 0.3) is 0 Å². The lowest BCUT2D eigenvalue weighted by atomic mass is 9.96. The van der Waals surface area contributed by atoms with Gasteiger partial charge < -0.3 is 14.8 Å². The second-order valence-corrected chi connectivity index (χ2v) is 6.19. The molecule has 2 N–H and O–H groups in total. The van der Waals surface area contributed by atoms with Crippen molar-refractivity contribution < 1.29 is 14.8 Å². The fourth-order valence-corrected chi connectivity index (χ4v) is 3.25. The van der Waals surface area contributed by atoms with Gasteiger partial charge in [0.2, 0.25) is 0 Å². The number of hydrogen-bond donors (Lipinski definition) is 1. The van der Waals surface area contributed by atoms with Gasteiger partial charge in [0.25, 0.3) is 0 Å². The summed E-state index contributed by atoms with van der Waals surface area (Å²) in [7, 11) is 0. The minimum atomic E-state index is 0.674. The van der Waals surface area contributed by atoms with Crippen molar-refractivity contribution in [2.75, 3.05) is 13.2 Å². The van der Waals surface area contributed by atoms with Crippen molar-refractivity contribution in [2.24, 2.45) is 0 Å². The third-order valence-corrected chi connectivity index (χ3v) is 4.44. The minimum absolute atomic E-state index is 0.674. The Balaban J connectivity index is 1.92. The van der Waals surface area contributed by atoms with E-state index < -0.39 is 0 Å². The van der Waals surface area contributed by atoms with Gasteiger partial charge in [-0.1, -0.05) is 19.3 Å². The number of quaternary nitrogens is 1. The normalized spacial score (nSPS) is 16.8. The SMILES string of the molecule is CCOc1ccc(C[NH2+]C2CCCCCCC2)cc1OCC. The van der Waals surface area contributed by atoms with Crippen molar-refractivity contribution in [1.29, 1.82) is 0 Å². The highest BCUT2D eigenvalue weighted by molar-refractivity contribution is 5.42. The highest BCUT2D eigenvalue weighted by Gasteiger charge is 2.14. The van der Waals surface area contributed by atoms with Gasteiger partial charge in [-0.2, -0.15) is 0 Å². The van der Waals surface area contributed by atoms with Crippen molar-refractivity contribution in [3.05, 3.63) is 23.8 Å². The Morgan fingerprint density at radius 1 is 0.909 bits per heavy atom. The van der Waals surface area contributed by atoms with Crippen molar-refractivity contribution in [2.45, 2.75) is 71.4 Å². The fraction of sp³-hybridized carbons (Fsp3) is 0.684. The molecule has 0 amide bonds. The molecule has 3 nitrogen and oxygen atoms in total. The number of ether oxygens (including phenoxy) is 2. The summed E-state index contributed by atoms with van der Waals surface area (Å²) in [6.45, 7) is 6.41. The third-order valence-electron chi connectivity index (χ3n) is 4.44. The maximum atomic E-state index is 5.72. The maximum Gasteiger partial charge on any atom is 0.161 e. The molecule has 0 bridgehead atoms. The van der Waals surface area contributed by atoms with Crippen molar-refractivity contribution in [3.63, 3.8) is 0 Å². The van der Waals surface area contributed by atoms with Crippen LogP contribution in [0.4, 0.5) is 0 Å². The molecule has 124 valence electrons. The Labute approximate surface area is 135 Å². The largest absolute Gasteiger partial charge is 0.490 e. The summed E-state index contributed by atoms with van der Waals surface area (Å²) in [5.74, 6) is 1.74. The maximum absolute atomic E-state index is 5.72. The Bertz CT molecular complexity index is 425. The zero-order chi connectivity index (χ0) is 15.6. The van der Waals surface area contributed by atoms with Crippen LogP contribution in [0.2, 0.25) is 0 Å². The molecule has 0 saturated heterocycles. The standard InChI is InChI=1S/C19H31NO2/c1-3-21-18-13-12-16(14-19(18)22-4-2)15-20-17-10-8-6-5-7-9-11-17/h12-14,17,20H,3-11,15H2,1-2H3/p+1. The smallest absolute Gasteiger partial charge is 0.161 e. The summed E-state index contributed by atoms with van der Waals surface area (Å²) in [4.78, 5) is 0. The van der Waals surface area contributed by atoms with Crippen LogP contribution >= 0.6 is 0 Å². The summed E-state index contributed by atoms with van der Waals surface area (Å²) < 4.78 is 11.4. The molecular formula is C19H32NO2+. The molecule has 0 aromatic heterocycles. The zero-order valence-corrected chi connectivity index (χ0v) is 14.3. The summed E-state index contributed by atoms with van der Waals surface area (Å²) >= 11 is 0. The van der Waals surface area contributed by atoms with Crippen LogP contribution in [0.5, 0.6) is 11.5 Å². The average Bonchev–Trinajstić information content (AvgIpc) is 2.49. The molecule has 0 aliphatic heterocycles. The molecule has 1 aromatic carbocycles. The van der Waals surface area contributed by atoms with Gasteiger partial charge >= 0.3 is 0 Å². The lowest BCUT2D eigenvalue weighted by molar-refractivity contribution is -0.706. The average molecular weight is 306 g/mol. The predicted octanol–water partition coefficient (Wildman–Crippen LogP) is 3.66. The predicted molar refractivity (Wildman–Crippen MR) is 90.5 cm³/mol. The van der Waals surface area contributed by atoms with Gasteiger partial charge in [0, 0.05) is 5.56 Å². The molecule has 0 spiro atoms. The van der Waals surface area contributed by atoms with Gasteiger partial charge in [-0.25, -0.2) is 0 Å². The van der Waals surface area contributed by atoms with Crippen LogP contribution in [0, 0.1) is 0 Å². The molecule has 0 radical (unpaired) electrons. The lowest BCUT2D eigenvalue weighted by Gasteiger charge is -2.18. The molecule has 0 unspecified atom stereocenters. The number of benzene rings is 1. The molecule has 22 heavy (non-hydrogen) atoms.